The first-order chi connectivity index (χ1) is 6.79. The molecule has 0 spiro atoms. The van der Waals surface area contributed by atoms with Crippen LogP contribution in [0, 0.1) is 22.2 Å². The molecule has 1 N–H and O–H groups in total. The smallest absolute Gasteiger partial charge is 0.0864 e. The first-order valence-corrected chi connectivity index (χ1v) is 5.91. The molecule has 15 heavy (non-hydrogen) atoms. The quantitative estimate of drug-likeness (QED) is 0.666. The Balaban J connectivity index is 2.89. The van der Waals surface area contributed by atoms with E-state index < -0.39 is 0 Å². The molecule has 0 heterocycles. The predicted molar refractivity (Wildman–Crippen MR) is 64.5 cm³/mol. The molecular formula is C13H24N2. The van der Waals surface area contributed by atoms with Crippen molar-refractivity contribution < 1.29 is 0 Å². The van der Waals surface area contributed by atoms with Crippen LogP contribution in [0.4, 0.5) is 0 Å². The lowest BCUT2D eigenvalue weighted by molar-refractivity contribution is 0.0452. The van der Waals surface area contributed by atoms with Crippen LogP contribution in [0.25, 0.3) is 0 Å². The lowest BCUT2D eigenvalue weighted by Gasteiger charge is -2.47. The maximum Gasteiger partial charge on any atom is 0.0864 e. The van der Waals surface area contributed by atoms with Gasteiger partial charge in [-0.25, -0.2) is 10.4 Å². The van der Waals surface area contributed by atoms with Crippen LogP contribution in [-0.4, -0.2) is 12.1 Å². The second kappa shape index (κ2) is 4.09. The Labute approximate surface area is 93.7 Å². The molecule has 1 fully saturated rings. The molecule has 1 rings (SSSR count). The molecule has 0 amide bonds. The van der Waals surface area contributed by atoms with Crippen molar-refractivity contribution in [2.75, 3.05) is 0 Å². The van der Waals surface area contributed by atoms with Crippen molar-refractivity contribution in [1.82, 2.24) is 0 Å². The SMILES string of the molecule is CC(C)C1(C)CC(N=C=N)CC(C)(C)C1. The van der Waals surface area contributed by atoms with E-state index in [1.165, 1.54) is 6.42 Å². The zero-order valence-electron chi connectivity index (χ0n) is 10.7. The second-order valence-electron chi connectivity index (χ2n) is 6.45. The monoisotopic (exact) mass is 208 g/mol. The molecule has 0 saturated heterocycles. The molecule has 0 aromatic rings. The van der Waals surface area contributed by atoms with Crippen LogP contribution in [0.1, 0.15) is 53.9 Å². The van der Waals surface area contributed by atoms with Crippen molar-refractivity contribution in [1.29, 1.82) is 5.41 Å². The highest BCUT2D eigenvalue weighted by molar-refractivity contribution is 5.36. The van der Waals surface area contributed by atoms with Gasteiger partial charge in [-0.15, -0.1) is 0 Å². The third-order valence-electron chi connectivity index (χ3n) is 4.01. The summed E-state index contributed by atoms with van der Waals surface area (Å²) < 4.78 is 0. The van der Waals surface area contributed by atoms with E-state index in [-0.39, 0.29) is 0 Å². The Hall–Kier alpha value is -0.620. The van der Waals surface area contributed by atoms with Crippen molar-refractivity contribution in [3.8, 4) is 0 Å². The van der Waals surface area contributed by atoms with Crippen molar-refractivity contribution in [3.63, 3.8) is 0 Å². The molecule has 1 aliphatic rings. The fourth-order valence-corrected chi connectivity index (χ4v) is 3.11. The molecule has 1 aliphatic carbocycles. The van der Waals surface area contributed by atoms with E-state index in [2.05, 4.69) is 45.6 Å². The number of hydrogen-bond acceptors (Lipinski definition) is 2. The summed E-state index contributed by atoms with van der Waals surface area (Å²) >= 11 is 0. The average molecular weight is 208 g/mol. The highest BCUT2D eigenvalue weighted by Crippen LogP contribution is 2.50. The van der Waals surface area contributed by atoms with Crippen LogP contribution in [0.5, 0.6) is 0 Å². The van der Waals surface area contributed by atoms with Crippen LogP contribution < -0.4 is 0 Å². The maximum atomic E-state index is 6.99. The van der Waals surface area contributed by atoms with E-state index in [9.17, 15) is 0 Å². The standard InChI is InChI=1S/C13H24N2/c1-10(2)13(5)7-11(15-9-14)6-12(3,4)8-13/h10-11,14H,6-8H2,1-5H3. The fraction of sp³-hybridized carbons (Fsp3) is 0.923. The summed E-state index contributed by atoms with van der Waals surface area (Å²) in [4.78, 5) is 4.17. The van der Waals surface area contributed by atoms with Crippen molar-refractivity contribution >= 4 is 6.01 Å². The minimum Gasteiger partial charge on any atom is -0.242 e. The Morgan fingerprint density at radius 2 is 1.87 bits per heavy atom. The summed E-state index contributed by atoms with van der Waals surface area (Å²) in [6, 6.07) is 2.53. The van der Waals surface area contributed by atoms with Gasteiger partial charge in [0.2, 0.25) is 0 Å². The lowest BCUT2D eigenvalue weighted by atomic mass is 9.59. The zero-order valence-corrected chi connectivity index (χ0v) is 10.7. The van der Waals surface area contributed by atoms with Crippen molar-refractivity contribution in [3.05, 3.63) is 0 Å². The molecule has 2 atom stereocenters. The van der Waals surface area contributed by atoms with Gasteiger partial charge in [0, 0.05) is 0 Å². The van der Waals surface area contributed by atoms with Crippen LogP contribution in [-0.2, 0) is 0 Å². The molecule has 0 aromatic heterocycles. The molecule has 0 radical (unpaired) electrons. The summed E-state index contributed by atoms with van der Waals surface area (Å²) in [6.07, 6.45) is 3.48. The minimum absolute atomic E-state index is 0.304. The topological polar surface area (TPSA) is 36.2 Å². The van der Waals surface area contributed by atoms with E-state index >= 15 is 0 Å². The van der Waals surface area contributed by atoms with Crippen LogP contribution in [0.3, 0.4) is 0 Å². The van der Waals surface area contributed by atoms with Crippen molar-refractivity contribution in [2.24, 2.45) is 21.7 Å². The summed E-state index contributed by atoms with van der Waals surface area (Å²) in [7, 11) is 0. The summed E-state index contributed by atoms with van der Waals surface area (Å²) in [5, 5.41) is 6.99. The third kappa shape index (κ3) is 2.92. The van der Waals surface area contributed by atoms with Gasteiger partial charge in [-0.3, -0.25) is 0 Å². The van der Waals surface area contributed by atoms with E-state index in [0.29, 0.717) is 22.8 Å². The predicted octanol–water partition coefficient (Wildman–Crippen LogP) is 3.98. The molecule has 2 nitrogen and oxygen atoms in total. The maximum absolute atomic E-state index is 6.99. The average Bonchev–Trinajstić information content (AvgIpc) is 2.00. The highest BCUT2D eigenvalue weighted by Gasteiger charge is 2.42. The Morgan fingerprint density at radius 3 is 2.33 bits per heavy atom. The van der Waals surface area contributed by atoms with Gasteiger partial charge in [-0.2, -0.15) is 0 Å². The van der Waals surface area contributed by atoms with E-state index in [1.807, 2.05) is 0 Å². The third-order valence-corrected chi connectivity index (χ3v) is 4.01. The van der Waals surface area contributed by atoms with Gasteiger partial charge in [-0.1, -0.05) is 34.6 Å². The van der Waals surface area contributed by atoms with E-state index in [1.54, 1.807) is 0 Å². The normalized spacial score (nSPS) is 34.9. The molecule has 1 saturated carbocycles. The van der Waals surface area contributed by atoms with Gasteiger partial charge in [0.25, 0.3) is 0 Å². The number of nitrogens with one attached hydrogen (secondary N) is 1. The Bertz CT molecular complexity index is 274. The van der Waals surface area contributed by atoms with Gasteiger partial charge in [0.15, 0.2) is 0 Å². The van der Waals surface area contributed by atoms with E-state index in [0.717, 1.165) is 12.8 Å². The summed E-state index contributed by atoms with van der Waals surface area (Å²) in [5.74, 6) is 0.681. The van der Waals surface area contributed by atoms with Gasteiger partial charge in [-0.05, 0) is 36.0 Å². The molecule has 2 heteroatoms. The first kappa shape index (κ1) is 12.4. The zero-order chi connectivity index (χ0) is 11.7. The number of rotatable bonds is 2. The fourth-order valence-electron chi connectivity index (χ4n) is 3.11. The number of hydrogen-bond donors (Lipinski definition) is 1. The van der Waals surface area contributed by atoms with Crippen LogP contribution in [0.2, 0.25) is 0 Å². The van der Waals surface area contributed by atoms with Crippen LogP contribution >= 0.6 is 0 Å². The van der Waals surface area contributed by atoms with E-state index in [4.69, 9.17) is 5.41 Å². The summed E-state index contributed by atoms with van der Waals surface area (Å²) in [6.45, 7) is 11.6. The minimum atomic E-state index is 0.304. The number of aliphatic imine (C=N–C) groups is 1. The van der Waals surface area contributed by atoms with Crippen molar-refractivity contribution in [2.45, 2.75) is 59.9 Å². The van der Waals surface area contributed by atoms with Crippen LogP contribution in [0.15, 0.2) is 4.99 Å². The van der Waals surface area contributed by atoms with Gasteiger partial charge < -0.3 is 0 Å². The highest BCUT2D eigenvalue weighted by atomic mass is 14.8. The Morgan fingerprint density at radius 1 is 1.27 bits per heavy atom. The molecule has 0 aliphatic heterocycles. The lowest BCUT2D eigenvalue weighted by Crippen LogP contribution is -2.40. The molecule has 0 aromatic carbocycles. The molecular weight excluding hydrogens is 184 g/mol. The Kier molecular flexibility index (Phi) is 3.40. The molecule has 2 unspecified atom stereocenters. The molecule has 0 bridgehead atoms. The van der Waals surface area contributed by atoms with Gasteiger partial charge in [0.1, 0.15) is 0 Å². The molecule has 86 valence electrons. The first-order valence-electron chi connectivity index (χ1n) is 5.91. The summed E-state index contributed by atoms with van der Waals surface area (Å²) in [5.41, 5.74) is 0.717. The second-order valence-corrected chi connectivity index (χ2v) is 6.45. The van der Waals surface area contributed by atoms with Gasteiger partial charge >= 0.3 is 0 Å². The number of nitrogens with zero attached hydrogens (tertiary/aromatic N) is 1. The largest absolute Gasteiger partial charge is 0.242 e. The van der Waals surface area contributed by atoms with Gasteiger partial charge in [0.05, 0.1) is 12.1 Å².